The summed E-state index contributed by atoms with van der Waals surface area (Å²) >= 11 is 0. The van der Waals surface area contributed by atoms with Gasteiger partial charge in [0.2, 0.25) is 0 Å². The number of rotatable bonds is 1. The van der Waals surface area contributed by atoms with E-state index < -0.39 is 0 Å². The molecule has 0 amide bonds. The molecule has 0 spiro atoms. The molecule has 4 nitrogen and oxygen atoms in total. The molecule has 1 rings (SSSR count). The molecule has 4 heteroatoms. The molecule has 0 fully saturated rings. The van der Waals surface area contributed by atoms with Gasteiger partial charge in [-0.05, 0) is 13.3 Å². The molecule has 0 bridgehead atoms. The number of hydrogen-bond acceptors (Lipinski definition) is 3. The molecule has 0 atom stereocenters. The highest BCUT2D eigenvalue weighted by atomic mass is 16.3. The second kappa shape index (κ2) is 2.97. The summed E-state index contributed by atoms with van der Waals surface area (Å²) in [7, 11) is 1.58. The summed E-state index contributed by atoms with van der Waals surface area (Å²) in [6.45, 7) is 3.50. The van der Waals surface area contributed by atoms with Crippen LogP contribution in [-0.2, 0) is 13.5 Å². The SMILES string of the molecule is CCc1c(O)c(C)nn(C)c1=O. The van der Waals surface area contributed by atoms with Crippen molar-refractivity contribution < 1.29 is 5.11 Å². The molecule has 12 heavy (non-hydrogen) atoms. The lowest BCUT2D eigenvalue weighted by molar-refractivity contribution is 0.449. The number of nitrogens with zero attached hydrogens (tertiary/aromatic N) is 2. The Balaban J connectivity index is 3.53. The van der Waals surface area contributed by atoms with E-state index in [0.717, 1.165) is 0 Å². The van der Waals surface area contributed by atoms with Crippen LogP contribution in [0, 0.1) is 6.92 Å². The van der Waals surface area contributed by atoms with E-state index in [1.807, 2.05) is 6.92 Å². The van der Waals surface area contributed by atoms with Gasteiger partial charge in [0, 0.05) is 7.05 Å². The van der Waals surface area contributed by atoms with Crippen molar-refractivity contribution in [2.45, 2.75) is 20.3 Å². The van der Waals surface area contributed by atoms with Crippen LogP contribution < -0.4 is 5.56 Å². The summed E-state index contributed by atoms with van der Waals surface area (Å²) < 4.78 is 1.24. The van der Waals surface area contributed by atoms with Gasteiger partial charge >= 0.3 is 0 Å². The molecule has 0 saturated heterocycles. The second-order valence-electron chi connectivity index (χ2n) is 2.69. The van der Waals surface area contributed by atoms with Gasteiger partial charge in [-0.1, -0.05) is 6.92 Å². The first kappa shape index (κ1) is 8.77. The van der Waals surface area contributed by atoms with Crippen molar-refractivity contribution >= 4 is 0 Å². The summed E-state index contributed by atoms with van der Waals surface area (Å²) in [6, 6.07) is 0. The molecule has 0 aliphatic rings. The van der Waals surface area contributed by atoms with Crippen molar-refractivity contribution in [3.8, 4) is 5.75 Å². The van der Waals surface area contributed by atoms with Crippen LogP contribution in [0.15, 0.2) is 4.79 Å². The fourth-order valence-corrected chi connectivity index (χ4v) is 1.15. The van der Waals surface area contributed by atoms with Crippen LogP contribution in [0.1, 0.15) is 18.2 Å². The molecule has 0 aromatic carbocycles. The number of hydrogen-bond donors (Lipinski definition) is 1. The average Bonchev–Trinajstić information content (AvgIpc) is 2.02. The fourth-order valence-electron chi connectivity index (χ4n) is 1.15. The minimum Gasteiger partial charge on any atom is -0.505 e. The molecule has 1 N–H and O–H groups in total. The summed E-state index contributed by atoms with van der Waals surface area (Å²) in [4.78, 5) is 11.3. The van der Waals surface area contributed by atoms with Crippen molar-refractivity contribution in [2.24, 2.45) is 7.05 Å². The van der Waals surface area contributed by atoms with E-state index in [2.05, 4.69) is 5.10 Å². The van der Waals surface area contributed by atoms with E-state index in [-0.39, 0.29) is 11.3 Å². The lowest BCUT2D eigenvalue weighted by atomic mass is 10.2. The van der Waals surface area contributed by atoms with Gasteiger partial charge in [-0.15, -0.1) is 0 Å². The molecular weight excluding hydrogens is 156 g/mol. The lowest BCUT2D eigenvalue weighted by Gasteiger charge is -2.05. The molecule has 0 unspecified atom stereocenters. The third-order valence-corrected chi connectivity index (χ3v) is 1.83. The van der Waals surface area contributed by atoms with E-state index in [4.69, 9.17) is 0 Å². The molecule has 66 valence electrons. The van der Waals surface area contributed by atoms with Crippen molar-refractivity contribution in [1.82, 2.24) is 9.78 Å². The smallest absolute Gasteiger partial charge is 0.273 e. The zero-order valence-corrected chi connectivity index (χ0v) is 7.46. The summed E-state index contributed by atoms with van der Waals surface area (Å²) in [5, 5.41) is 13.3. The quantitative estimate of drug-likeness (QED) is 0.658. The van der Waals surface area contributed by atoms with E-state index in [9.17, 15) is 9.90 Å². The average molecular weight is 168 g/mol. The second-order valence-corrected chi connectivity index (χ2v) is 2.69. The predicted molar refractivity (Wildman–Crippen MR) is 45.3 cm³/mol. The van der Waals surface area contributed by atoms with Gasteiger partial charge in [0.25, 0.3) is 5.56 Å². The Morgan fingerprint density at radius 2 is 2.17 bits per heavy atom. The van der Waals surface area contributed by atoms with Gasteiger partial charge < -0.3 is 5.11 Å². The van der Waals surface area contributed by atoms with Crippen LogP contribution in [0.4, 0.5) is 0 Å². The summed E-state index contributed by atoms with van der Waals surface area (Å²) in [6.07, 6.45) is 0.530. The number of aromatic hydroxyl groups is 1. The van der Waals surface area contributed by atoms with Crippen LogP contribution in [0.2, 0.25) is 0 Å². The van der Waals surface area contributed by atoms with Crippen LogP contribution in [0.25, 0.3) is 0 Å². The number of aromatic nitrogens is 2. The normalized spacial score (nSPS) is 10.2. The Morgan fingerprint density at radius 1 is 1.58 bits per heavy atom. The topological polar surface area (TPSA) is 55.1 Å². The minimum absolute atomic E-state index is 0.0283. The molecular formula is C8H12N2O2. The lowest BCUT2D eigenvalue weighted by Crippen LogP contribution is -2.24. The van der Waals surface area contributed by atoms with Crippen molar-refractivity contribution in [3.63, 3.8) is 0 Å². The minimum atomic E-state index is -0.222. The Morgan fingerprint density at radius 3 is 2.67 bits per heavy atom. The Labute approximate surface area is 70.5 Å². The first-order valence-corrected chi connectivity index (χ1v) is 3.83. The predicted octanol–water partition coefficient (Wildman–Crippen LogP) is 0.357. The van der Waals surface area contributed by atoms with Crippen molar-refractivity contribution in [2.75, 3.05) is 0 Å². The summed E-state index contributed by atoms with van der Waals surface area (Å²) in [5.74, 6) is 0.0283. The zero-order chi connectivity index (χ0) is 9.30. The van der Waals surface area contributed by atoms with Crippen LogP contribution in [0.5, 0.6) is 5.75 Å². The standard InChI is InChI=1S/C8H12N2O2/c1-4-6-7(11)5(2)9-10(3)8(6)12/h11H,4H2,1-3H3. The molecule has 0 aliphatic carbocycles. The first-order valence-electron chi connectivity index (χ1n) is 3.83. The van der Waals surface area contributed by atoms with Gasteiger partial charge in [-0.25, -0.2) is 4.68 Å². The number of aryl methyl sites for hydroxylation is 2. The maximum Gasteiger partial charge on any atom is 0.273 e. The molecule has 0 radical (unpaired) electrons. The van der Waals surface area contributed by atoms with Gasteiger partial charge in [-0.2, -0.15) is 5.10 Å². The monoisotopic (exact) mass is 168 g/mol. The van der Waals surface area contributed by atoms with E-state index in [0.29, 0.717) is 17.7 Å². The zero-order valence-electron chi connectivity index (χ0n) is 7.46. The molecule has 0 saturated carbocycles. The third-order valence-electron chi connectivity index (χ3n) is 1.83. The van der Waals surface area contributed by atoms with Crippen molar-refractivity contribution in [1.29, 1.82) is 0 Å². The highest BCUT2D eigenvalue weighted by molar-refractivity contribution is 5.32. The molecule has 1 heterocycles. The Hall–Kier alpha value is -1.32. The molecule has 1 aromatic heterocycles. The Kier molecular flexibility index (Phi) is 2.17. The molecule has 1 aromatic rings. The van der Waals surface area contributed by atoms with E-state index in [1.165, 1.54) is 4.68 Å². The maximum absolute atomic E-state index is 11.3. The summed E-state index contributed by atoms with van der Waals surface area (Å²) in [5.41, 5.74) is 0.708. The largest absolute Gasteiger partial charge is 0.505 e. The maximum atomic E-state index is 11.3. The fraction of sp³-hybridized carbons (Fsp3) is 0.500. The van der Waals surface area contributed by atoms with Crippen LogP contribution in [-0.4, -0.2) is 14.9 Å². The molecule has 0 aliphatic heterocycles. The van der Waals surface area contributed by atoms with E-state index in [1.54, 1.807) is 14.0 Å². The van der Waals surface area contributed by atoms with Crippen LogP contribution in [0.3, 0.4) is 0 Å². The van der Waals surface area contributed by atoms with Gasteiger partial charge in [0.05, 0.1) is 5.56 Å². The van der Waals surface area contributed by atoms with Gasteiger partial charge in [0.1, 0.15) is 11.4 Å². The van der Waals surface area contributed by atoms with Gasteiger partial charge in [0.15, 0.2) is 0 Å². The van der Waals surface area contributed by atoms with Crippen molar-refractivity contribution in [3.05, 3.63) is 21.6 Å². The van der Waals surface area contributed by atoms with E-state index >= 15 is 0 Å². The van der Waals surface area contributed by atoms with Crippen LogP contribution >= 0.6 is 0 Å². The highest BCUT2D eigenvalue weighted by Crippen LogP contribution is 2.15. The third kappa shape index (κ3) is 1.20. The van der Waals surface area contributed by atoms with Gasteiger partial charge in [-0.3, -0.25) is 4.79 Å². The Bertz CT molecular complexity index is 355. The first-order chi connectivity index (χ1) is 5.57. The highest BCUT2D eigenvalue weighted by Gasteiger charge is 2.09.